The molecular formula is C26H18ClF3O3. The van der Waals surface area contributed by atoms with Gasteiger partial charge in [0.1, 0.15) is 12.2 Å². The molecular weight excluding hydrogens is 453 g/mol. The zero-order chi connectivity index (χ0) is 23.6. The first-order valence-corrected chi connectivity index (χ1v) is 10.4. The van der Waals surface area contributed by atoms with E-state index < -0.39 is 17.2 Å². The lowest BCUT2D eigenvalue weighted by atomic mass is 10.0. The third-order valence-corrected chi connectivity index (χ3v) is 5.27. The monoisotopic (exact) mass is 470 g/mol. The van der Waals surface area contributed by atoms with E-state index >= 15 is 0 Å². The lowest BCUT2D eigenvalue weighted by Gasteiger charge is -2.14. The highest BCUT2D eigenvalue weighted by Crippen LogP contribution is 2.36. The molecule has 168 valence electrons. The summed E-state index contributed by atoms with van der Waals surface area (Å²) in [5, 5.41) is 0.584. The molecule has 4 rings (SSSR count). The van der Waals surface area contributed by atoms with Gasteiger partial charge in [0.05, 0.1) is 10.9 Å². The van der Waals surface area contributed by atoms with E-state index in [1.54, 1.807) is 6.07 Å². The summed E-state index contributed by atoms with van der Waals surface area (Å²) >= 11 is 6.29. The fourth-order valence-electron chi connectivity index (χ4n) is 3.53. The van der Waals surface area contributed by atoms with Crippen molar-refractivity contribution in [3.63, 3.8) is 0 Å². The summed E-state index contributed by atoms with van der Waals surface area (Å²) in [4.78, 5) is 13.4. The van der Waals surface area contributed by atoms with E-state index in [1.165, 1.54) is 24.3 Å². The van der Waals surface area contributed by atoms with Gasteiger partial charge in [0, 0.05) is 22.6 Å². The molecule has 0 unspecified atom stereocenters. The largest absolute Gasteiger partial charge is 0.482 e. The van der Waals surface area contributed by atoms with E-state index in [0.717, 1.165) is 17.7 Å². The molecule has 0 saturated carbocycles. The lowest BCUT2D eigenvalue weighted by Crippen LogP contribution is -2.11. The van der Waals surface area contributed by atoms with Crippen molar-refractivity contribution in [2.45, 2.75) is 12.6 Å². The molecule has 0 atom stereocenters. The van der Waals surface area contributed by atoms with Gasteiger partial charge in [0.15, 0.2) is 5.76 Å². The number of hydrogen-bond donors (Lipinski definition) is 0. The van der Waals surface area contributed by atoms with Crippen molar-refractivity contribution in [1.82, 2.24) is 0 Å². The highest BCUT2D eigenvalue weighted by Gasteiger charge is 2.30. The second-order valence-corrected chi connectivity index (χ2v) is 7.80. The summed E-state index contributed by atoms with van der Waals surface area (Å²) in [5.74, 6) is -0.0743. The highest BCUT2D eigenvalue weighted by molar-refractivity contribution is 6.31. The molecule has 7 heteroatoms. The predicted octanol–water partition coefficient (Wildman–Crippen LogP) is 7.29. The molecule has 0 aliphatic heterocycles. The Morgan fingerprint density at radius 1 is 1.03 bits per heavy atom. The normalized spacial score (nSPS) is 11.5. The van der Waals surface area contributed by atoms with Crippen molar-refractivity contribution in [1.29, 1.82) is 0 Å². The summed E-state index contributed by atoms with van der Waals surface area (Å²) in [6, 6.07) is 17.1. The summed E-state index contributed by atoms with van der Waals surface area (Å²) in [6.45, 7) is 3.60. The van der Waals surface area contributed by atoms with Crippen LogP contribution in [0.3, 0.4) is 0 Å². The molecule has 3 nitrogen and oxygen atoms in total. The van der Waals surface area contributed by atoms with Crippen LogP contribution in [0.4, 0.5) is 13.2 Å². The standard InChI is InChI=1S/C26H18ClF3O3/c1-2-12-32-25-22(31)21-15-20(27)14-18(13-16-6-4-3-5-7-16)23(21)33-24(25)17-8-10-19(11-9-17)26(28,29)30/h2-11,14-15H,1,12-13H2. The Kier molecular flexibility index (Phi) is 6.29. The van der Waals surface area contributed by atoms with Crippen LogP contribution in [0.25, 0.3) is 22.3 Å². The summed E-state index contributed by atoms with van der Waals surface area (Å²) < 4.78 is 50.8. The number of ether oxygens (including phenoxy) is 1. The van der Waals surface area contributed by atoms with Crippen LogP contribution in [0.2, 0.25) is 5.02 Å². The molecule has 4 aromatic rings. The molecule has 3 aromatic carbocycles. The Morgan fingerprint density at radius 3 is 2.36 bits per heavy atom. The van der Waals surface area contributed by atoms with Gasteiger partial charge in [-0.05, 0) is 29.8 Å². The van der Waals surface area contributed by atoms with Gasteiger partial charge in [-0.2, -0.15) is 13.2 Å². The van der Waals surface area contributed by atoms with Crippen LogP contribution in [0, 0.1) is 0 Å². The Hall–Kier alpha value is -3.51. The quantitative estimate of drug-likeness (QED) is 0.278. The van der Waals surface area contributed by atoms with Crippen molar-refractivity contribution >= 4 is 22.6 Å². The predicted molar refractivity (Wildman–Crippen MR) is 123 cm³/mol. The van der Waals surface area contributed by atoms with E-state index in [0.29, 0.717) is 22.6 Å². The van der Waals surface area contributed by atoms with E-state index in [9.17, 15) is 18.0 Å². The zero-order valence-electron chi connectivity index (χ0n) is 17.3. The van der Waals surface area contributed by atoms with Gasteiger partial charge >= 0.3 is 6.18 Å². The molecule has 33 heavy (non-hydrogen) atoms. The van der Waals surface area contributed by atoms with Crippen LogP contribution >= 0.6 is 11.6 Å². The number of rotatable bonds is 6. The maximum Gasteiger partial charge on any atom is 0.416 e. The van der Waals surface area contributed by atoms with E-state index in [4.69, 9.17) is 20.8 Å². The lowest BCUT2D eigenvalue weighted by molar-refractivity contribution is -0.137. The van der Waals surface area contributed by atoms with Crippen molar-refractivity contribution in [3.05, 3.63) is 111 Å². The SMILES string of the molecule is C=CCOc1c(-c2ccc(C(F)(F)F)cc2)oc2c(Cc3ccccc3)cc(Cl)cc2c1=O. The van der Waals surface area contributed by atoms with Gasteiger partial charge in [0.2, 0.25) is 11.2 Å². The molecule has 0 radical (unpaired) electrons. The minimum absolute atomic E-state index is 0.0152. The number of fused-ring (bicyclic) bond motifs is 1. The van der Waals surface area contributed by atoms with Gasteiger partial charge in [-0.25, -0.2) is 0 Å². The van der Waals surface area contributed by atoms with Crippen LogP contribution in [0.5, 0.6) is 5.75 Å². The topological polar surface area (TPSA) is 39.4 Å². The molecule has 0 spiro atoms. The minimum atomic E-state index is -4.48. The first-order chi connectivity index (χ1) is 15.8. The van der Waals surface area contributed by atoms with Crippen LogP contribution in [-0.4, -0.2) is 6.61 Å². The Labute approximate surface area is 192 Å². The van der Waals surface area contributed by atoms with Gasteiger partial charge in [0.25, 0.3) is 0 Å². The van der Waals surface area contributed by atoms with E-state index in [1.807, 2.05) is 30.3 Å². The summed E-state index contributed by atoms with van der Waals surface area (Å²) in [6.07, 6.45) is -2.58. The van der Waals surface area contributed by atoms with Crippen LogP contribution in [0.15, 0.2) is 88.6 Å². The van der Waals surface area contributed by atoms with Crippen LogP contribution < -0.4 is 10.2 Å². The average Bonchev–Trinajstić information content (AvgIpc) is 2.79. The molecule has 0 fully saturated rings. The first kappa shape index (κ1) is 22.7. The molecule has 0 saturated heterocycles. The van der Waals surface area contributed by atoms with Gasteiger partial charge < -0.3 is 9.15 Å². The number of benzene rings is 3. The van der Waals surface area contributed by atoms with Crippen LogP contribution in [-0.2, 0) is 12.6 Å². The Balaban J connectivity index is 1.94. The van der Waals surface area contributed by atoms with Crippen molar-refractivity contribution in [2.24, 2.45) is 0 Å². The maximum absolute atomic E-state index is 13.4. The average molecular weight is 471 g/mol. The summed E-state index contributed by atoms with van der Waals surface area (Å²) in [5.41, 5.74) is 0.955. The number of halogens is 4. The van der Waals surface area contributed by atoms with Crippen molar-refractivity contribution < 1.29 is 22.3 Å². The highest BCUT2D eigenvalue weighted by atomic mass is 35.5. The molecule has 0 aliphatic rings. The molecule has 0 aliphatic carbocycles. The second kappa shape index (κ2) is 9.16. The summed E-state index contributed by atoms with van der Waals surface area (Å²) in [7, 11) is 0. The molecule has 0 amide bonds. The molecule has 1 heterocycles. The van der Waals surface area contributed by atoms with Crippen molar-refractivity contribution in [3.8, 4) is 17.1 Å². The van der Waals surface area contributed by atoms with Gasteiger partial charge in [-0.1, -0.05) is 66.7 Å². The molecule has 1 aromatic heterocycles. The third-order valence-electron chi connectivity index (χ3n) is 5.05. The Morgan fingerprint density at radius 2 is 1.73 bits per heavy atom. The fraction of sp³-hybridized carbons (Fsp3) is 0.115. The van der Waals surface area contributed by atoms with Gasteiger partial charge in [-0.15, -0.1) is 0 Å². The first-order valence-electron chi connectivity index (χ1n) is 10.0. The van der Waals surface area contributed by atoms with Gasteiger partial charge in [-0.3, -0.25) is 4.79 Å². The Bertz CT molecular complexity index is 1360. The number of alkyl halides is 3. The minimum Gasteiger partial charge on any atom is -0.482 e. The molecule has 0 bridgehead atoms. The van der Waals surface area contributed by atoms with E-state index in [-0.39, 0.29) is 29.1 Å². The van der Waals surface area contributed by atoms with Crippen molar-refractivity contribution in [2.75, 3.05) is 6.61 Å². The fourth-order valence-corrected chi connectivity index (χ4v) is 3.77. The maximum atomic E-state index is 13.4. The third kappa shape index (κ3) is 4.81. The zero-order valence-corrected chi connectivity index (χ0v) is 18.0. The van der Waals surface area contributed by atoms with Crippen LogP contribution in [0.1, 0.15) is 16.7 Å². The molecule has 0 N–H and O–H groups in total. The van der Waals surface area contributed by atoms with E-state index in [2.05, 4.69) is 6.58 Å². The second-order valence-electron chi connectivity index (χ2n) is 7.37. The number of hydrogen-bond acceptors (Lipinski definition) is 3. The smallest absolute Gasteiger partial charge is 0.416 e.